The molecule has 10 heteroatoms. The first kappa shape index (κ1) is 21.7. The molecule has 152 valence electrons. The average Bonchev–Trinajstić information content (AvgIpc) is 3.02. The zero-order valence-corrected chi connectivity index (χ0v) is 19.4. The minimum Gasteiger partial charge on any atom is -0.497 e. The highest BCUT2D eigenvalue weighted by molar-refractivity contribution is 9.10. The summed E-state index contributed by atoms with van der Waals surface area (Å²) in [7, 11) is 3.18. The van der Waals surface area contributed by atoms with Gasteiger partial charge in [-0.15, -0.1) is 0 Å². The van der Waals surface area contributed by atoms with Crippen molar-refractivity contribution in [3.8, 4) is 11.5 Å². The van der Waals surface area contributed by atoms with Gasteiger partial charge in [0.05, 0.1) is 30.9 Å². The largest absolute Gasteiger partial charge is 0.497 e. The summed E-state index contributed by atoms with van der Waals surface area (Å²) in [5, 5.41) is 12.2. The van der Waals surface area contributed by atoms with E-state index in [1.807, 2.05) is 12.3 Å². The summed E-state index contributed by atoms with van der Waals surface area (Å²) in [4.78, 5) is 0. The lowest BCUT2D eigenvalue weighted by molar-refractivity contribution is 0.405. The number of nitrogens with one attached hydrogen (secondary N) is 2. The van der Waals surface area contributed by atoms with Crippen molar-refractivity contribution in [2.45, 2.75) is 6.54 Å². The zero-order chi connectivity index (χ0) is 21.0. The van der Waals surface area contributed by atoms with E-state index in [2.05, 4.69) is 31.7 Å². The van der Waals surface area contributed by atoms with Crippen LogP contribution in [-0.2, 0) is 6.54 Å². The predicted molar refractivity (Wildman–Crippen MR) is 125 cm³/mol. The van der Waals surface area contributed by atoms with E-state index in [9.17, 15) is 0 Å². The number of halogens is 3. The van der Waals surface area contributed by atoms with Gasteiger partial charge in [-0.3, -0.25) is 4.68 Å². The smallest absolute Gasteiger partial charge is 0.176 e. The van der Waals surface area contributed by atoms with E-state index >= 15 is 0 Å². The van der Waals surface area contributed by atoms with Crippen molar-refractivity contribution >= 4 is 68.0 Å². The molecule has 0 aliphatic rings. The van der Waals surface area contributed by atoms with Gasteiger partial charge in [0, 0.05) is 22.3 Å². The molecule has 3 aromatic rings. The number of hydrogen-bond acceptors (Lipinski definition) is 4. The van der Waals surface area contributed by atoms with Crippen LogP contribution in [0.4, 0.5) is 11.5 Å². The lowest BCUT2D eigenvalue weighted by Gasteiger charge is -2.13. The van der Waals surface area contributed by atoms with Crippen molar-refractivity contribution in [3.63, 3.8) is 0 Å². The normalized spacial score (nSPS) is 10.5. The van der Waals surface area contributed by atoms with E-state index in [1.54, 1.807) is 49.2 Å². The Bertz CT molecular complexity index is 1050. The van der Waals surface area contributed by atoms with Crippen molar-refractivity contribution < 1.29 is 9.47 Å². The third kappa shape index (κ3) is 5.54. The summed E-state index contributed by atoms with van der Waals surface area (Å²) in [6.45, 7) is 0.486. The molecule has 0 aliphatic heterocycles. The van der Waals surface area contributed by atoms with Gasteiger partial charge in [-0.25, -0.2) is 0 Å². The van der Waals surface area contributed by atoms with Gasteiger partial charge in [0.15, 0.2) is 10.9 Å². The van der Waals surface area contributed by atoms with Gasteiger partial charge in [-0.05, 0) is 58.0 Å². The van der Waals surface area contributed by atoms with E-state index in [4.69, 9.17) is 44.9 Å². The molecule has 1 aromatic heterocycles. The molecule has 2 aromatic carbocycles. The number of methoxy groups -OCH3 is 2. The number of nitrogens with zero attached hydrogens (tertiary/aromatic N) is 2. The molecular weight excluding hydrogens is 499 g/mol. The van der Waals surface area contributed by atoms with Gasteiger partial charge in [0.2, 0.25) is 0 Å². The molecule has 0 bridgehead atoms. The van der Waals surface area contributed by atoms with Crippen LogP contribution in [-0.4, -0.2) is 29.1 Å². The lowest BCUT2D eigenvalue weighted by atomic mass is 10.2. The lowest BCUT2D eigenvalue weighted by Crippen LogP contribution is -2.20. The molecule has 0 aliphatic carbocycles. The summed E-state index contributed by atoms with van der Waals surface area (Å²) in [5.41, 5.74) is 1.58. The van der Waals surface area contributed by atoms with E-state index in [0.717, 1.165) is 10.0 Å². The fourth-order valence-corrected chi connectivity index (χ4v) is 3.65. The van der Waals surface area contributed by atoms with Crippen LogP contribution in [0.1, 0.15) is 5.56 Å². The molecule has 0 atom stereocenters. The van der Waals surface area contributed by atoms with Crippen LogP contribution >= 0.6 is 51.3 Å². The maximum atomic E-state index is 6.25. The summed E-state index contributed by atoms with van der Waals surface area (Å²) in [6.07, 6.45) is 1.84. The molecule has 29 heavy (non-hydrogen) atoms. The Morgan fingerprint density at radius 1 is 1.14 bits per heavy atom. The standard InChI is InChI=1S/C19H17BrCl2N4O2S/c1-27-13-5-6-17(28-2)16(8-13)23-19(29)24-18-14(20)10-26(25-18)9-11-3-4-12(21)7-15(11)22/h3-8,10H,9H2,1-2H3,(H2,23,24,25,29). The molecule has 0 saturated carbocycles. The first-order valence-electron chi connectivity index (χ1n) is 8.36. The molecule has 3 rings (SSSR count). The predicted octanol–water partition coefficient (Wildman–Crippen LogP) is 5.83. The first-order valence-corrected chi connectivity index (χ1v) is 10.3. The van der Waals surface area contributed by atoms with Crippen LogP contribution in [0.15, 0.2) is 47.1 Å². The third-order valence-electron chi connectivity index (χ3n) is 3.95. The molecule has 0 unspecified atom stereocenters. The van der Waals surface area contributed by atoms with E-state index in [0.29, 0.717) is 44.7 Å². The van der Waals surface area contributed by atoms with Crippen LogP contribution in [0.2, 0.25) is 10.0 Å². The van der Waals surface area contributed by atoms with Crippen LogP contribution in [0, 0.1) is 0 Å². The van der Waals surface area contributed by atoms with Gasteiger partial charge < -0.3 is 20.1 Å². The van der Waals surface area contributed by atoms with Crippen LogP contribution in [0.25, 0.3) is 0 Å². The molecule has 0 radical (unpaired) electrons. The number of anilines is 2. The summed E-state index contributed by atoms with van der Waals surface area (Å²) in [5.74, 6) is 1.88. The number of thiocarbonyl (C=S) groups is 1. The highest BCUT2D eigenvalue weighted by Gasteiger charge is 2.12. The molecule has 1 heterocycles. The molecule has 0 fully saturated rings. The minimum absolute atomic E-state index is 0.354. The van der Waals surface area contributed by atoms with Gasteiger partial charge >= 0.3 is 0 Å². The fraction of sp³-hybridized carbons (Fsp3) is 0.158. The summed E-state index contributed by atoms with van der Waals surface area (Å²) >= 11 is 21.1. The van der Waals surface area contributed by atoms with Crippen LogP contribution in [0.5, 0.6) is 11.5 Å². The van der Waals surface area contributed by atoms with Gasteiger partial charge in [-0.2, -0.15) is 5.10 Å². The molecule has 0 saturated heterocycles. The second-order valence-electron chi connectivity index (χ2n) is 5.90. The number of aromatic nitrogens is 2. The molecule has 0 amide bonds. The Hall–Kier alpha value is -2.00. The van der Waals surface area contributed by atoms with Crippen LogP contribution in [0.3, 0.4) is 0 Å². The SMILES string of the molecule is COc1ccc(OC)c(NC(=S)Nc2nn(Cc3ccc(Cl)cc3Cl)cc2Br)c1. The second kappa shape index (κ2) is 9.67. The van der Waals surface area contributed by atoms with Crippen molar-refractivity contribution in [3.05, 3.63) is 62.7 Å². The van der Waals surface area contributed by atoms with E-state index in [1.165, 1.54) is 0 Å². The van der Waals surface area contributed by atoms with Crippen molar-refractivity contribution in [1.29, 1.82) is 0 Å². The maximum absolute atomic E-state index is 6.25. The fourth-order valence-electron chi connectivity index (χ4n) is 2.56. The monoisotopic (exact) mass is 514 g/mol. The van der Waals surface area contributed by atoms with Gasteiger partial charge in [-0.1, -0.05) is 29.3 Å². The Morgan fingerprint density at radius 3 is 2.62 bits per heavy atom. The van der Waals surface area contributed by atoms with E-state index in [-0.39, 0.29) is 0 Å². The minimum atomic E-state index is 0.354. The Balaban J connectivity index is 1.71. The second-order valence-corrected chi connectivity index (χ2v) is 8.01. The van der Waals surface area contributed by atoms with E-state index < -0.39 is 0 Å². The zero-order valence-electron chi connectivity index (χ0n) is 15.5. The first-order chi connectivity index (χ1) is 13.9. The molecule has 2 N–H and O–H groups in total. The van der Waals surface area contributed by atoms with Gasteiger partial charge in [0.25, 0.3) is 0 Å². The molecular formula is C19H17BrCl2N4O2S. The maximum Gasteiger partial charge on any atom is 0.176 e. The third-order valence-corrected chi connectivity index (χ3v) is 5.32. The highest BCUT2D eigenvalue weighted by atomic mass is 79.9. The van der Waals surface area contributed by atoms with Crippen molar-refractivity contribution in [2.24, 2.45) is 0 Å². The molecule has 6 nitrogen and oxygen atoms in total. The average molecular weight is 516 g/mol. The Labute approximate surface area is 192 Å². The van der Waals surface area contributed by atoms with Crippen molar-refractivity contribution in [1.82, 2.24) is 9.78 Å². The van der Waals surface area contributed by atoms with Crippen LogP contribution < -0.4 is 20.1 Å². The quantitative estimate of drug-likeness (QED) is 0.403. The molecule has 0 spiro atoms. The van der Waals surface area contributed by atoms with Crippen molar-refractivity contribution in [2.75, 3.05) is 24.9 Å². The number of hydrogen-bond donors (Lipinski definition) is 2. The number of ether oxygens (including phenoxy) is 2. The van der Waals surface area contributed by atoms with Gasteiger partial charge in [0.1, 0.15) is 11.5 Å². The highest BCUT2D eigenvalue weighted by Crippen LogP contribution is 2.29. The topological polar surface area (TPSA) is 60.3 Å². The Morgan fingerprint density at radius 2 is 1.93 bits per heavy atom. The Kier molecular flexibility index (Phi) is 7.23. The summed E-state index contributed by atoms with van der Waals surface area (Å²) in [6, 6.07) is 10.8. The number of benzene rings is 2. The number of rotatable bonds is 6. The summed E-state index contributed by atoms with van der Waals surface area (Å²) < 4.78 is 13.1.